The first-order valence-corrected chi connectivity index (χ1v) is 9.89. The highest BCUT2D eigenvalue weighted by Gasteiger charge is 2.11. The Labute approximate surface area is 137 Å². The molecule has 4 heteroatoms. The number of methoxy groups -OCH3 is 1. The Morgan fingerprint density at radius 2 is 1.50 bits per heavy atom. The van der Waals surface area contributed by atoms with Gasteiger partial charge in [0, 0.05) is 7.11 Å². The molecule has 0 saturated carbocycles. The van der Waals surface area contributed by atoms with E-state index in [1.807, 2.05) is 0 Å². The van der Waals surface area contributed by atoms with Crippen molar-refractivity contribution < 1.29 is 14.2 Å². The molecule has 0 spiro atoms. The van der Waals surface area contributed by atoms with Gasteiger partial charge in [0.1, 0.15) is 0 Å². The Kier molecular flexibility index (Phi) is 11.6. The van der Waals surface area contributed by atoms with E-state index >= 15 is 0 Å². The second-order valence-corrected chi connectivity index (χ2v) is 8.21. The van der Waals surface area contributed by atoms with Crippen molar-refractivity contribution in [3.05, 3.63) is 30.3 Å². The fourth-order valence-electron chi connectivity index (χ4n) is 2.06. The van der Waals surface area contributed by atoms with Gasteiger partial charge in [0.05, 0.1) is 33.0 Å². The van der Waals surface area contributed by atoms with Crippen molar-refractivity contribution in [2.24, 2.45) is 5.92 Å². The minimum Gasteiger partial charge on any atom is -0.382 e. The molecule has 1 aromatic carbocycles. The van der Waals surface area contributed by atoms with Crippen LogP contribution < -0.4 is 5.30 Å². The molecule has 126 valence electrons. The molecule has 0 aliphatic heterocycles. The Morgan fingerprint density at radius 3 is 2.14 bits per heavy atom. The summed E-state index contributed by atoms with van der Waals surface area (Å²) in [6.45, 7) is 8.04. The zero-order valence-corrected chi connectivity index (χ0v) is 15.2. The first-order chi connectivity index (χ1) is 10.7. The van der Waals surface area contributed by atoms with Crippen molar-refractivity contribution in [2.45, 2.75) is 20.3 Å². The van der Waals surface area contributed by atoms with E-state index < -0.39 is 0 Å². The van der Waals surface area contributed by atoms with Crippen LogP contribution in [0.25, 0.3) is 0 Å². The summed E-state index contributed by atoms with van der Waals surface area (Å²) in [5.74, 6) is 0.767. The number of hydrogen-bond donors (Lipinski definition) is 0. The summed E-state index contributed by atoms with van der Waals surface area (Å²) in [4.78, 5) is 0. The molecular formula is C18H31O3P. The lowest BCUT2D eigenvalue weighted by molar-refractivity contribution is 0.0285. The maximum absolute atomic E-state index is 5.72. The highest BCUT2D eigenvalue weighted by atomic mass is 31.1. The maximum atomic E-state index is 5.72. The van der Waals surface area contributed by atoms with E-state index in [-0.39, 0.29) is 7.92 Å². The van der Waals surface area contributed by atoms with Gasteiger partial charge in [-0.3, -0.25) is 0 Å². The minimum absolute atomic E-state index is 0.104. The molecule has 0 aliphatic rings. The Hall–Kier alpha value is -0.470. The normalized spacial score (nSPS) is 12.7. The van der Waals surface area contributed by atoms with Crippen LogP contribution in [0.15, 0.2) is 30.3 Å². The molecule has 0 amide bonds. The lowest BCUT2D eigenvalue weighted by Crippen LogP contribution is -2.13. The van der Waals surface area contributed by atoms with Gasteiger partial charge in [-0.2, -0.15) is 0 Å². The molecule has 0 bridgehead atoms. The van der Waals surface area contributed by atoms with Crippen LogP contribution in [0.2, 0.25) is 0 Å². The zero-order chi connectivity index (χ0) is 16.0. The van der Waals surface area contributed by atoms with E-state index in [0.717, 1.165) is 18.7 Å². The standard InChI is InChI=1S/C18H31O3P/c1-17(2)9-15-22(18-7-5-4-6-8-18)16-14-21-13-12-20-11-10-19-3/h4-8,17H,9-16H2,1-3H3. The second-order valence-electron chi connectivity index (χ2n) is 5.72. The van der Waals surface area contributed by atoms with Crippen molar-refractivity contribution in [1.82, 2.24) is 0 Å². The molecule has 0 radical (unpaired) electrons. The second kappa shape index (κ2) is 13.0. The molecule has 0 aromatic heterocycles. The predicted octanol–water partition coefficient (Wildman–Crippen LogP) is 3.52. The van der Waals surface area contributed by atoms with Gasteiger partial charge in [0.25, 0.3) is 0 Å². The lowest BCUT2D eigenvalue weighted by atomic mass is 10.2. The van der Waals surface area contributed by atoms with Gasteiger partial charge in [0.15, 0.2) is 0 Å². The van der Waals surface area contributed by atoms with E-state index in [9.17, 15) is 0 Å². The van der Waals surface area contributed by atoms with E-state index in [1.54, 1.807) is 7.11 Å². The Bertz CT molecular complexity index is 357. The Balaban J connectivity index is 2.24. The van der Waals surface area contributed by atoms with Gasteiger partial charge in [-0.05, 0) is 30.0 Å². The van der Waals surface area contributed by atoms with Crippen LogP contribution in [0.3, 0.4) is 0 Å². The summed E-state index contributed by atoms with van der Waals surface area (Å²) in [7, 11) is 1.58. The topological polar surface area (TPSA) is 27.7 Å². The fraction of sp³-hybridized carbons (Fsp3) is 0.667. The van der Waals surface area contributed by atoms with Crippen LogP contribution in [0.5, 0.6) is 0 Å². The first-order valence-electron chi connectivity index (χ1n) is 8.18. The van der Waals surface area contributed by atoms with Crippen molar-refractivity contribution in [2.75, 3.05) is 52.5 Å². The predicted molar refractivity (Wildman–Crippen MR) is 95.7 cm³/mol. The molecule has 0 N–H and O–H groups in total. The molecule has 0 saturated heterocycles. The lowest BCUT2D eigenvalue weighted by Gasteiger charge is -2.19. The smallest absolute Gasteiger partial charge is 0.0701 e. The van der Waals surface area contributed by atoms with Crippen molar-refractivity contribution in [1.29, 1.82) is 0 Å². The summed E-state index contributed by atoms with van der Waals surface area (Å²) < 4.78 is 16.1. The van der Waals surface area contributed by atoms with Gasteiger partial charge in [-0.15, -0.1) is 0 Å². The van der Waals surface area contributed by atoms with Gasteiger partial charge >= 0.3 is 0 Å². The summed E-state index contributed by atoms with van der Waals surface area (Å²) in [5, 5.41) is 1.50. The zero-order valence-electron chi connectivity index (χ0n) is 14.3. The van der Waals surface area contributed by atoms with Crippen molar-refractivity contribution in [3.63, 3.8) is 0 Å². The van der Waals surface area contributed by atoms with Gasteiger partial charge in [-0.25, -0.2) is 0 Å². The average Bonchev–Trinajstić information content (AvgIpc) is 2.53. The third kappa shape index (κ3) is 9.53. The largest absolute Gasteiger partial charge is 0.382 e. The van der Waals surface area contributed by atoms with Gasteiger partial charge in [0.2, 0.25) is 0 Å². The monoisotopic (exact) mass is 326 g/mol. The number of hydrogen-bond acceptors (Lipinski definition) is 3. The number of ether oxygens (including phenoxy) is 3. The summed E-state index contributed by atoms with van der Waals surface area (Å²) in [5.41, 5.74) is 0. The van der Waals surface area contributed by atoms with Crippen LogP contribution in [0.4, 0.5) is 0 Å². The quantitative estimate of drug-likeness (QED) is 0.410. The minimum atomic E-state index is -0.104. The first kappa shape index (κ1) is 19.6. The highest BCUT2D eigenvalue weighted by Crippen LogP contribution is 2.35. The summed E-state index contributed by atoms with van der Waals surface area (Å²) >= 11 is 0. The Morgan fingerprint density at radius 1 is 0.864 bits per heavy atom. The molecule has 3 nitrogen and oxygen atoms in total. The number of rotatable bonds is 13. The maximum Gasteiger partial charge on any atom is 0.0701 e. The van der Waals surface area contributed by atoms with Crippen molar-refractivity contribution in [3.8, 4) is 0 Å². The fourth-order valence-corrected chi connectivity index (χ4v) is 4.57. The molecule has 0 aliphatic carbocycles. The van der Waals surface area contributed by atoms with E-state index in [1.165, 1.54) is 17.9 Å². The molecule has 1 atom stereocenters. The molecule has 1 unspecified atom stereocenters. The van der Waals surface area contributed by atoms with E-state index in [4.69, 9.17) is 14.2 Å². The van der Waals surface area contributed by atoms with Crippen LogP contribution in [-0.2, 0) is 14.2 Å². The van der Waals surface area contributed by atoms with Crippen LogP contribution in [0, 0.1) is 5.92 Å². The molecule has 0 fully saturated rings. The SMILES string of the molecule is COCCOCCOCCP(CCC(C)C)c1ccccc1. The molecule has 1 rings (SSSR count). The summed E-state index contributed by atoms with van der Waals surface area (Å²) in [6.07, 6.45) is 3.73. The van der Waals surface area contributed by atoms with Crippen molar-refractivity contribution >= 4 is 13.2 Å². The molecule has 22 heavy (non-hydrogen) atoms. The van der Waals surface area contributed by atoms with E-state index in [2.05, 4.69) is 44.2 Å². The van der Waals surface area contributed by atoms with Crippen LogP contribution in [0.1, 0.15) is 20.3 Å². The van der Waals surface area contributed by atoms with Crippen LogP contribution in [-0.4, -0.2) is 52.5 Å². The molecule has 1 aromatic rings. The third-order valence-corrected chi connectivity index (χ3v) is 5.96. The van der Waals surface area contributed by atoms with E-state index in [0.29, 0.717) is 26.4 Å². The third-order valence-electron chi connectivity index (χ3n) is 3.41. The van der Waals surface area contributed by atoms with Gasteiger partial charge < -0.3 is 14.2 Å². The average molecular weight is 326 g/mol. The summed E-state index contributed by atoms with van der Waals surface area (Å²) in [6, 6.07) is 10.9. The molecular weight excluding hydrogens is 295 g/mol. The highest BCUT2D eigenvalue weighted by molar-refractivity contribution is 7.65. The molecule has 0 heterocycles. The number of benzene rings is 1. The van der Waals surface area contributed by atoms with Crippen LogP contribution >= 0.6 is 7.92 Å². The van der Waals surface area contributed by atoms with Gasteiger partial charge in [-0.1, -0.05) is 52.1 Å².